The van der Waals surface area contributed by atoms with Crippen LogP contribution in [0, 0.1) is 0 Å². The first-order valence-corrected chi connectivity index (χ1v) is 7.46. The van der Waals surface area contributed by atoms with Gasteiger partial charge in [0.1, 0.15) is 11.4 Å². The van der Waals surface area contributed by atoms with E-state index in [1.165, 1.54) is 0 Å². The number of likely N-dealkylation sites (N-methyl/N-ethyl adjacent to an activating group) is 1. The minimum Gasteiger partial charge on any atom is -0.338 e. The van der Waals surface area contributed by atoms with Gasteiger partial charge in [0.05, 0.1) is 0 Å². The third kappa shape index (κ3) is 2.67. The Morgan fingerprint density at radius 3 is 2.85 bits per heavy atom. The number of piperazine rings is 1. The van der Waals surface area contributed by atoms with Crippen molar-refractivity contribution in [2.45, 2.75) is 37.1 Å². The standard InChI is InChI=1S/C13H19ClN4O2/c1-8(14)13(19)18-6-5-17(2)10(7-18)12-15-11(16-20-12)9-3-4-9/h8-10H,3-7H2,1-2H3. The fourth-order valence-corrected chi connectivity index (χ4v) is 2.62. The van der Waals surface area contributed by atoms with Gasteiger partial charge < -0.3 is 9.42 Å². The highest BCUT2D eigenvalue weighted by Gasteiger charge is 2.35. The van der Waals surface area contributed by atoms with Crippen molar-refractivity contribution in [3.8, 4) is 0 Å². The second-order valence-corrected chi connectivity index (χ2v) is 6.32. The average Bonchev–Trinajstić information content (AvgIpc) is 3.17. The molecule has 0 radical (unpaired) electrons. The predicted molar refractivity (Wildman–Crippen MR) is 73.5 cm³/mol. The second kappa shape index (κ2) is 5.33. The number of nitrogens with zero attached hydrogens (tertiary/aromatic N) is 4. The van der Waals surface area contributed by atoms with Gasteiger partial charge in [-0.1, -0.05) is 5.16 Å². The van der Waals surface area contributed by atoms with E-state index < -0.39 is 5.38 Å². The summed E-state index contributed by atoms with van der Waals surface area (Å²) in [5, 5.41) is 3.55. The van der Waals surface area contributed by atoms with Crippen molar-refractivity contribution < 1.29 is 9.32 Å². The van der Waals surface area contributed by atoms with Gasteiger partial charge in [0.25, 0.3) is 0 Å². The van der Waals surface area contributed by atoms with E-state index in [4.69, 9.17) is 16.1 Å². The van der Waals surface area contributed by atoms with Crippen LogP contribution in [0.5, 0.6) is 0 Å². The fraction of sp³-hybridized carbons (Fsp3) is 0.769. The van der Waals surface area contributed by atoms with E-state index in [1.807, 2.05) is 7.05 Å². The van der Waals surface area contributed by atoms with Crippen molar-refractivity contribution in [3.05, 3.63) is 11.7 Å². The lowest BCUT2D eigenvalue weighted by molar-refractivity contribution is -0.133. The number of amides is 1. The lowest BCUT2D eigenvalue weighted by Crippen LogP contribution is -2.50. The largest absolute Gasteiger partial charge is 0.338 e. The number of hydrogen-bond donors (Lipinski definition) is 0. The van der Waals surface area contributed by atoms with Gasteiger partial charge in [0, 0.05) is 25.6 Å². The van der Waals surface area contributed by atoms with Crippen LogP contribution in [-0.4, -0.2) is 57.9 Å². The molecule has 3 rings (SSSR count). The summed E-state index contributed by atoms with van der Waals surface area (Å²) in [6.07, 6.45) is 2.29. The van der Waals surface area contributed by atoms with Crippen LogP contribution in [0.25, 0.3) is 0 Å². The van der Waals surface area contributed by atoms with Gasteiger partial charge in [0.2, 0.25) is 11.8 Å². The van der Waals surface area contributed by atoms with E-state index in [1.54, 1.807) is 11.8 Å². The van der Waals surface area contributed by atoms with Crippen molar-refractivity contribution in [1.82, 2.24) is 19.9 Å². The molecule has 1 saturated heterocycles. The summed E-state index contributed by atoms with van der Waals surface area (Å²) in [7, 11) is 2.01. The van der Waals surface area contributed by atoms with E-state index in [9.17, 15) is 4.79 Å². The molecule has 1 saturated carbocycles. The predicted octanol–water partition coefficient (Wildman–Crippen LogP) is 1.39. The van der Waals surface area contributed by atoms with Crippen LogP contribution in [0.3, 0.4) is 0 Å². The number of carbonyl (C=O) groups is 1. The number of aromatic nitrogens is 2. The Bertz CT molecular complexity index is 500. The van der Waals surface area contributed by atoms with Crippen molar-refractivity contribution in [3.63, 3.8) is 0 Å². The van der Waals surface area contributed by atoms with Crippen molar-refractivity contribution >= 4 is 17.5 Å². The van der Waals surface area contributed by atoms with Gasteiger partial charge in [-0.2, -0.15) is 4.98 Å². The molecule has 1 aliphatic carbocycles. The molecular weight excluding hydrogens is 280 g/mol. The van der Waals surface area contributed by atoms with E-state index in [2.05, 4.69) is 15.0 Å². The molecule has 1 aliphatic heterocycles. The Morgan fingerprint density at radius 2 is 2.20 bits per heavy atom. The molecule has 0 N–H and O–H groups in total. The molecule has 7 heteroatoms. The molecule has 2 aliphatic rings. The first kappa shape index (κ1) is 13.8. The molecule has 0 aromatic carbocycles. The Balaban J connectivity index is 1.74. The highest BCUT2D eigenvalue weighted by molar-refractivity contribution is 6.30. The van der Waals surface area contributed by atoms with Crippen molar-refractivity contribution in [2.24, 2.45) is 0 Å². The summed E-state index contributed by atoms with van der Waals surface area (Å²) in [4.78, 5) is 20.4. The summed E-state index contributed by atoms with van der Waals surface area (Å²) in [5.74, 6) is 1.85. The lowest BCUT2D eigenvalue weighted by Gasteiger charge is -2.38. The molecular formula is C13H19ClN4O2. The van der Waals surface area contributed by atoms with Crippen LogP contribution >= 0.6 is 11.6 Å². The number of carbonyl (C=O) groups excluding carboxylic acids is 1. The average molecular weight is 299 g/mol. The van der Waals surface area contributed by atoms with Crippen molar-refractivity contribution in [1.29, 1.82) is 0 Å². The van der Waals surface area contributed by atoms with Gasteiger partial charge in [0.15, 0.2) is 5.82 Å². The Hall–Kier alpha value is -1.14. The van der Waals surface area contributed by atoms with Crippen LogP contribution in [0.4, 0.5) is 0 Å². The molecule has 1 amide bonds. The van der Waals surface area contributed by atoms with Crippen LogP contribution < -0.4 is 0 Å². The summed E-state index contributed by atoms with van der Waals surface area (Å²) < 4.78 is 5.39. The van der Waals surface area contributed by atoms with Gasteiger partial charge in [-0.25, -0.2) is 0 Å². The third-order valence-electron chi connectivity index (χ3n) is 3.98. The molecule has 2 heterocycles. The summed E-state index contributed by atoms with van der Waals surface area (Å²) in [6.45, 7) is 3.72. The summed E-state index contributed by atoms with van der Waals surface area (Å²) >= 11 is 5.89. The fourth-order valence-electron chi connectivity index (χ4n) is 2.48. The Labute approximate surface area is 123 Å². The number of rotatable bonds is 3. The van der Waals surface area contributed by atoms with Crippen molar-refractivity contribution in [2.75, 3.05) is 26.7 Å². The number of alkyl halides is 1. The van der Waals surface area contributed by atoms with Crippen LogP contribution in [0.1, 0.15) is 43.4 Å². The van der Waals surface area contributed by atoms with E-state index in [-0.39, 0.29) is 11.9 Å². The van der Waals surface area contributed by atoms with Gasteiger partial charge >= 0.3 is 0 Å². The zero-order valence-corrected chi connectivity index (χ0v) is 12.5. The summed E-state index contributed by atoms with van der Waals surface area (Å²) in [6, 6.07) is -0.0388. The van der Waals surface area contributed by atoms with Crippen LogP contribution in [0.15, 0.2) is 4.52 Å². The monoisotopic (exact) mass is 298 g/mol. The molecule has 110 valence electrons. The van der Waals surface area contributed by atoms with E-state index >= 15 is 0 Å². The highest BCUT2D eigenvalue weighted by Crippen LogP contribution is 2.38. The Kier molecular flexibility index (Phi) is 3.69. The topological polar surface area (TPSA) is 62.5 Å². The quantitative estimate of drug-likeness (QED) is 0.789. The molecule has 2 fully saturated rings. The lowest BCUT2D eigenvalue weighted by atomic mass is 10.1. The molecule has 20 heavy (non-hydrogen) atoms. The van der Waals surface area contributed by atoms with Crippen LogP contribution in [-0.2, 0) is 4.79 Å². The Morgan fingerprint density at radius 1 is 1.45 bits per heavy atom. The second-order valence-electron chi connectivity index (χ2n) is 5.66. The zero-order chi connectivity index (χ0) is 14.3. The normalized spacial score (nSPS) is 25.8. The first-order valence-electron chi connectivity index (χ1n) is 7.03. The maximum atomic E-state index is 12.0. The van der Waals surface area contributed by atoms with E-state index in [0.717, 1.165) is 25.2 Å². The van der Waals surface area contributed by atoms with E-state index in [0.29, 0.717) is 24.9 Å². The third-order valence-corrected chi connectivity index (χ3v) is 4.17. The van der Waals surface area contributed by atoms with Gasteiger partial charge in [-0.3, -0.25) is 9.69 Å². The molecule has 0 bridgehead atoms. The molecule has 1 aromatic heterocycles. The molecule has 2 unspecified atom stereocenters. The summed E-state index contributed by atoms with van der Waals surface area (Å²) in [5.41, 5.74) is 0. The van der Waals surface area contributed by atoms with Gasteiger partial charge in [-0.05, 0) is 26.8 Å². The molecule has 1 aromatic rings. The first-order chi connectivity index (χ1) is 9.56. The number of halogens is 1. The minimum atomic E-state index is -0.497. The minimum absolute atomic E-state index is 0.0355. The highest BCUT2D eigenvalue weighted by atomic mass is 35.5. The maximum Gasteiger partial charge on any atom is 0.245 e. The smallest absolute Gasteiger partial charge is 0.245 e. The molecule has 6 nitrogen and oxygen atoms in total. The van der Waals surface area contributed by atoms with Gasteiger partial charge in [-0.15, -0.1) is 11.6 Å². The molecule has 0 spiro atoms. The zero-order valence-electron chi connectivity index (χ0n) is 11.8. The number of hydrogen-bond acceptors (Lipinski definition) is 5. The molecule has 2 atom stereocenters. The van der Waals surface area contributed by atoms with Crippen LogP contribution in [0.2, 0.25) is 0 Å². The maximum absolute atomic E-state index is 12.0. The SMILES string of the molecule is CC(Cl)C(=O)N1CCN(C)C(c2nc(C3CC3)no2)C1.